The Labute approximate surface area is 278 Å². The van der Waals surface area contributed by atoms with Gasteiger partial charge in [0.1, 0.15) is 6.04 Å². The van der Waals surface area contributed by atoms with Crippen LogP contribution in [0.2, 0.25) is 0 Å². The predicted octanol–water partition coefficient (Wildman–Crippen LogP) is 3.45. The zero-order chi connectivity index (χ0) is 33.4. The van der Waals surface area contributed by atoms with E-state index >= 15 is 0 Å². The molecule has 1 unspecified atom stereocenters. The summed E-state index contributed by atoms with van der Waals surface area (Å²) < 4.78 is 27.6. The van der Waals surface area contributed by atoms with Gasteiger partial charge in [-0.15, -0.1) is 4.83 Å². The van der Waals surface area contributed by atoms with Gasteiger partial charge in [-0.05, 0) is 127 Å². The van der Waals surface area contributed by atoms with Crippen molar-refractivity contribution in [2.45, 2.75) is 88.1 Å². The van der Waals surface area contributed by atoms with Crippen molar-refractivity contribution in [3.63, 3.8) is 0 Å². The number of amides is 1. The highest BCUT2D eigenvalue weighted by molar-refractivity contribution is 7.89. The van der Waals surface area contributed by atoms with E-state index in [-0.39, 0.29) is 16.6 Å². The number of carbonyl (C=O) groups excluding carboxylic acids is 2. The number of hydrogen-bond acceptors (Lipinski definition) is 8. The lowest BCUT2D eigenvalue weighted by Crippen LogP contribution is -2.60. The Kier molecular flexibility index (Phi) is 12.4. The fraction of sp³-hybridized carbons (Fsp3) is 0.629. The molecule has 5 N–H and O–H groups in total. The van der Waals surface area contributed by atoms with Gasteiger partial charge in [0.2, 0.25) is 5.91 Å². The molecule has 0 aromatic heterocycles. The molecule has 0 radical (unpaired) electrons. The molecule has 2 aromatic carbocycles. The molecule has 3 heterocycles. The summed E-state index contributed by atoms with van der Waals surface area (Å²) in [4.78, 5) is 43.2. The Bertz CT molecular complexity index is 1460. The first-order valence-corrected chi connectivity index (χ1v) is 18.9. The molecule has 47 heavy (non-hydrogen) atoms. The van der Waals surface area contributed by atoms with Crippen LogP contribution in [0.25, 0.3) is 10.8 Å². The van der Waals surface area contributed by atoms with Gasteiger partial charge in [0.25, 0.3) is 10.0 Å². The van der Waals surface area contributed by atoms with Crippen molar-refractivity contribution >= 4 is 38.5 Å². The molecule has 5 rings (SSSR count). The molecule has 3 atom stereocenters. The summed E-state index contributed by atoms with van der Waals surface area (Å²) in [5, 5.41) is 22.0. The fourth-order valence-corrected chi connectivity index (χ4v) is 8.90. The average Bonchev–Trinajstić information content (AvgIpc) is 3.10. The predicted molar refractivity (Wildman–Crippen MR) is 181 cm³/mol. The third-order valence-corrected chi connectivity index (χ3v) is 11.9. The van der Waals surface area contributed by atoms with Crippen molar-refractivity contribution in [1.29, 1.82) is 0 Å². The van der Waals surface area contributed by atoms with E-state index in [2.05, 4.69) is 20.8 Å². The van der Waals surface area contributed by atoms with Gasteiger partial charge in [0.05, 0.1) is 16.9 Å². The number of hydrazine groups is 1. The number of carboxylic acid groups (broad SMARTS) is 1. The first-order valence-electron chi connectivity index (χ1n) is 17.4. The van der Waals surface area contributed by atoms with E-state index < -0.39 is 39.9 Å². The van der Waals surface area contributed by atoms with Crippen LogP contribution in [-0.4, -0.2) is 81.0 Å². The number of piperidine rings is 3. The molecule has 258 valence electrons. The topological polar surface area (TPSA) is 157 Å². The second kappa shape index (κ2) is 16.5. The van der Waals surface area contributed by atoms with Crippen molar-refractivity contribution in [2.24, 2.45) is 23.7 Å². The van der Waals surface area contributed by atoms with Crippen LogP contribution in [0.3, 0.4) is 0 Å². The Morgan fingerprint density at radius 3 is 2.09 bits per heavy atom. The van der Waals surface area contributed by atoms with Crippen LogP contribution in [0, 0.1) is 23.7 Å². The van der Waals surface area contributed by atoms with Crippen LogP contribution in [0.5, 0.6) is 0 Å². The molecule has 1 amide bonds. The SMILES string of the molecule is CC(C(=O)O)N(NS(=O)(=O)c1cccc2ccccc12)C(=O)[C@@H]1CCCN[C@H]1C(=O)C(CCC1CCNCC1)CCC1CCNCC1. The van der Waals surface area contributed by atoms with Crippen LogP contribution in [0.4, 0.5) is 0 Å². The van der Waals surface area contributed by atoms with E-state index in [4.69, 9.17) is 0 Å². The van der Waals surface area contributed by atoms with E-state index in [1.807, 2.05) is 0 Å². The number of Topliss-reactive ketones (excluding diaryl/α,β-unsaturated/α-hetero) is 1. The van der Waals surface area contributed by atoms with Crippen LogP contribution < -0.4 is 20.8 Å². The summed E-state index contributed by atoms with van der Waals surface area (Å²) in [6.45, 7) is 5.80. The number of benzene rings is 2. The minimum absolute atomic E-state index is 0.00856. The number of fused-ring (bicyclic) bond motifs is 1. The lowest BCUT2D eigenvalue weighted by molar-refractivity contribution is -0.154. The van der Waals surface area contributed by atoms with Crippen molar-refractivity contribution in [2.75, 3.05) is 32.7 Å². The number of rotatable bonds is 14. The first-order chi connectivity index (χ1) is 22.7. The molecule has 12 heteroatoms. The van der Waals surface area contributed by atoms with Gasteiger partial charge in [-0.3, -0.25) is 9.59 Å². The average molecular weight is 670 g/mol. The fourth-order valence-electron chi connectivity index (χ4n) is 7.56. The van der Waals surface area contributed by atoms with E-state index in [9.17, 15) is 27.9 Å². The van der Waals surface area contributed by atoms with Gasteiger partial charge in [0, 0.05) is 11.3 Å². The summed E-state index contributed by atoms with van der Waals surface area (Å²) >= 11 is 0. The number of ketones is 1. The van der Waals surface area contributed by atoms with Crippen molar-refractivity contribution in [3.8, 4) is 0 Å². The number of carboxylic acids is 1. The molecule has 0 bridgehead atoms. The lowest BCUT2D eigenvalue weighted by Gasteiger charge is -2.37. The summed E-state index contributed by atoms with van der Waals surface area (Å²) in [7, 11) is -4.37. The summed E-state index contributed by atoms with van der Waals surface area (Å²) in [5.41, 5.74) is 0. The Hall–Kier alpha value is -2.90. The summed E-state index contributed by atoms with van der Waals surface area (Å²) in [6.07, 6.45) is 8.79. The molecule has 0 aliphatic carbocycles. The molecule has 2 aromatic rings. The van der Waals surface area contributed by atoms with Gasteiger partial charge in [-0.25, -0.2) is 18.2 Å². The highest BCUT2D eigenvalue weighted by Crippen LogP contribution is 2.31. The Balaban J connectivity index is 1.38. The molecular formula is C35H51N5O6S. The van der Waals surface area contributed by atoms with Gasteiger partial charge in [-0.1, -0.05) is 36.4 Å². The van der Waals surface area contributed by atoms with Crippen molar-refractivity contribution in [3.05, 3.63) is 42.5 Å². The molecule has 3 aliphatic heterocycles. The minimum atomic E-state index is -4.37. The third kappa shape index (κ3) is 8.97. The summed E-state index contributed by atoms with van der Waals surface area (Å²) in [6, 6.07) is 9.49. The van der Waals surface area contributed by atoms with Crippen LogP contribution >= 0.6 is 0 Å². The Morgan fingerprint density at radius 1 is 0.872 bits per heavy atom. The lowest BCUT2D eigenvalue weighted by atomic mass is 9.77. The van der Waals surface area contributed by atoms with Crippen molar-refractivity contribution < 1.29 is 27.9 Å². The first kappa shape index (κ1) is 35.4. The molecule has 3 fully saturated rings. The standard InChI is InChI=1S/C35H51N5O6S/c1-24(35(43)44)40(39-47(45,46)31-10-4-7-27-6-2-3-8-29(27)31)34(42)30-9-5-19-38-32(30)33(41)28(13-11-25-15-20-36-21-16-25)14-12-26-17-22-37-23-18-26/h2-4,6-8,10,24-26,28,30,32,36-39H,5,9,11-23H2,1H3,(H,43,44)/t24?,30-,32-/m1/s1. The van der Waals surface area contributed by atoms with Crippen LogP contribution in [0.15, 0.2) is 47.4 Å². The van der Waals surface area contributed by atoms with Gasteiger partial charge < -0.3 is 21.1 Å². The largest absolute Gasteiger partial charge is 0.480 e. The number of sulfonamides is 1. The Morgan fingerprint density at radius 2 is 1.47 bits per heavy atom. The molecule has 3 saturated heterocycles. The van der Waals surface area contributed by atoms with Gasteiger partial charge in [0.15, 0.2) is 5.78 Å². The zero-order valence-corrected chi connectivity index (χ0v) is 28.3. The van der Waals surface area contributed by atoms with E-state index in [1.165, 1.54) is 13.0 Å². The molecular weight excluding hydrogens is 618 g/mol. The maximum Gasteiger partial charge on any atom is 0.327 e. The number of aliphatic carboxylic acids is 1. The smallest absolute Gasteiger partial charge is 0.327 e. The minimum Gasteiger partial charge on any atom is -0.480 e. The molecule has 0 saturated carbocycles. The zero-order valence-electron chi connectivity index (χ0n) is 27.5. The highest BCUT2D eigenvalue weighted by Gasteiger charge is 2.43. The monoisotopic (exact) mass is 669 g/mol. The van der Waals surface area contributed by atoms with E-state index in [0.29, 0.717) is 42.0 Å². The quantitative estimate of drug-likeness (QED) is 0.190. The number of nitrogens with zero attached hydrogens (tertiary/aromatic N) is 1. The van der Waals surface area contributed by atoms with Crippen LogP contribution in [0.1, 0.15) is 71.1 Å². The maximum absolute atomic E-state index is 14.4. The normalized spacial score (nSPS) is 22.3. The van der Waals surface area contributed by atoms with Crippen LogP contribution in [-0.2, 0) is 24.4 Å². The van der Waals surface area contributed by atoms with E-state index in [1.54, 1.807) is 36.4 Å². The van der Waals surface area contributed by atoms with Gasteiger partial charge >= 0.3 is 5.97 Å². The second-order valence-corrected chi connectivity index (χ2v) is 15.2. The number of nitrogens with one attached hydrogen (secondary N) is 4. The third-order valence-electron chi connectivity index (χ3n) is 10.5. The van der Waals surface area contributed by atoms with Crippen molar-refractivity contribution in [1.82, 2.24) is 25.8 Å². The molecule has 11 nitrogen and oxygen atoms in total. The van der Waals surface area contributed by atoms with E-state index in [0.717, 1.165) is 82.6 Å². The second-order valence-electron chi connectivity index (χ2n) is 13.6. The summed E-state index contributed by atoms with van der Waals surface area (Å²) in [5.74, 6) is -2.05. The number of hydrogen-bond donors (Lipinski definition) is 5. The molecule has 0 spiro atoms. The van der Waals surface area contributed by atoms with Gasteiger partial charge in [-0.2, -0.15) is 0 Å². The maximum atomic E-state index is 14.4. The highest BCUT2D eigenvalue weighted by atomic mass is 32.2. The molecule has 3 aliphatic rings. The number of carbonyl (C=O) groups is 3.